The number of para-hydroxylation sites is 1. The van der Waals surface area contributed by atoms with Crippen LogP contribution in [0.1, 0.15) is 18.1 Å². The molecule has 0 spiro atoms. The van der Waals surface area contributed by atoms with E-state index in [0.717, 1.165) is 12.1 Å². The van der Waals surface area contributed by atoms with Crippen molar-refractivity contribution in [2.75, 3.05) is 11.4 Å². The zero-order valence-corrected chi connectivity index (χ0v) is 14.1. The molecule has 27 heavy (non-hydrogen) atoms. The fourth-order valence-corrected chi connectivity index (χ4v) is 2.91. The fourth-order valence-electron chi connectivity index (χ4n) is 2.91. The Balaban J connectivity index is 1.74. The van der Waals surface area contributed by atoms with E-state index in [9.17, 15) is 23.2 Å². The highest BCUT2D eigenvalue weighted by Gasteiger charge is 2.38. The number of carbonyl (C=O) groups excluding carboxylic acids is 3. The summed E-state index contributed by atoms with van der Waals surface area (Å²) in [7, 11) is 0. The van der Waals surface area contributed by atoms with Gasteiger partial charge in [-0.25, -0.2) is 8.78 Å². The number of primary amides is 1. The summed E-state index contributed by atoms with van der Waals surface area (Å²) < 4.78 is 32.1. The van der Waals surface area contributed by atoms with Gasteiger partial charge in [-0.05, 0) is 24.3 Å². The molecule has 6 nitrogen and oxygen atoms in total. The molecule has 2 amide bonds. The third-order valence-corrected chi connectivity index (χ3v) is 4.27. The van der Waals surface area contributed by atoms with Crippen LogP contribution in [0, 0.1) is 17.6 Å². The molecule has 0 unspecified atom stereocenters. The first-order valence-electron chi connectivity index (χ1n) is 8.17. The zero-order valence-electron chi connectivity index (χ0n) is 14.1. The van der Waals surface area contributed by atoms with E-state index in [0.29, 0.717) is 0 Å². The van der Waals surface area contributed by atoms with Gasteiger partial charge in [0.05, 0.1) is 11.6 Å². The van der Waals surface area contributed by atoms with Gasteiger partial charge < -0.3 is 15.4 Å². The quantitative estimate of drug-likeness (QED) is 0.812. The van der Waals surface area contributed by atoms with Gasteiger partial charge in [-0.1, -0.05) is 24.3 Å². The van der Waals surface area contributed by atoms with Crippen molar-refractivity contribution in [2.24, 2.45) is 11.7 Å². The van der Waals surface area contributed by atoms with Crippen LogP contribution >= 0.6 is 0 Å². The lowest BCUT2D eigenvalue weighted by atomic mass is 10.1. The van der Waals surface area contributed by atoms with Crippen LogP contribution < -0.4 is 10.6 Å². The highest BCUT2D eigenvalue weighted by molar-refractivity contribution is 5.99. The average molecular weight is 374 g/mol. The molecule has 3 rings (SSSR count). The number of rotatable bonds is 5. The van der Waals surface area contributed by atoms with Gasteiger partial charge in [-0.15, -0.1) is 0 Å². The summed E-state index contributed by atoms with van der Waals surface area (Å²) in [6, 6.07) is 10.5. The number of carbonyl (C=O) groups is 3. The molecule has 1 heterocycles. The lowest BCUT2D eigenvalue weighted by Gasteiger charge is -2.19. The molecule has 2 N–H and O–H groups in total. The van der Waals surface area contributed by atoms with E-state index >= 15 is 0 Å². The molecule has 1 aliphatic heterocycles. The number of benzene rings is 2. The lowest BCUT2D eigenvalue weighted by Crippen LogP contribution is -2.31. The minimum atomic E-state index is -1.41. The van der Waals surface area contributed by atoms with Crippen molar-refractivity contribution in [3.63, 3.8) is 0 Å². The van der Waals surface area contributed by atoms with Crippen LogP contribution in [-0.4, -0.2) is 24.3 Å². The molecule has 1 aliphatic rings. The Morgan fingerprint density at radius 2 is 1.78 bits per heavy atom. The molecule has 0 saturated carbocycles. The summed E-state index contributed by atoms with van der Waals surface area (Å²) in [6.07, 6.45) is -1.59. The van der Waals surface area contributed by atoms with E-state index in [4.69, 9.17) is 10.5 Å². The van der Waals surface area contributed by atoms with E-state index in [-0.39, 0.29) is 24.2 Å². The molecule has 1 saturated heterocycles. The van der Waals surface area contributed by atoms with Crippen LogP contribution in [0.2, 0.25) is 0 Å². The van der Waals surface area contributed by atoms with Crippen molar-refractivity contribution in [1.82, 2.24) is 0 Å². The summed E-state index contributed by atoms with van der Waals surface area (Å²) >= 11 is 0. The van der Waals surface area contributed by atoms with Crippen LogP contribution in [-0.2, 0) is 19.1 Å². The number of ether oxygens (including phenoxy) is 1. The van der Waals surface area contributed by atoms with Crippen LogP contribution in [0.3, 0.4) is 0 Å². The Morgan fingerprint density at radius 3 is 2.41 bits per heavy atom. The third-order valence-electron chi connectivity index (χ3n) is 4.27. The van der Waals surface area contributed by atoms with Gasteiger partial charge in [0.2, 0.25) is 12.0 Å². The summed E-state index contributed by atoms with van der Waals surface area (Å²) in [5, 5.41) is 0. The van der Waals surface area contributed by atoms with Crippen LogP contribution in [0.4, 0.5) is 14.5 Å². The molecule has 8 heteroatoms. The molecule has 1 fully saturated rings. The van der Waals surface area contributed by atoms with Gasteiger partial charge >= 0.3 is 5.97 Å². The van der Waals surface area contributed by atoms with E-state index in [1.54, 1.807) is 6.07 Å². The summed E-state index contributed by atoms with van der Waals surface area (Å²) in [4.78, 5) is 37.4. The number of halogens is 2. The Morgan fingerprint density at radius 1 is 1.11 bits per heavy atom. The van der Waals surface area contributed by atoms with Crippen molar-refractivity contribution in [3.05, 3.63) is 65.7 Å². The molecule has 0 radical (unpaired) electrons. The molecule has 0 aromatic heterocycles. The Labute approximate surface area is 153 Å². The first-order chi connectivity index (χ1) is 12.9. The maximum atomic E-state index is 13.9. The van der Waals surface area contributed by atoms with Crippen LogP contribution in [0.5, 0.6) is 0 Å². The van der Waals surface area contributed by atoms with Crippen molar-refractivity contribution >= 4 is 23.5 Å². The van der Waals surface area contributed by atoms with Gasteiger partial charge in [0, 0.05) is 18.5 Å². The second-order valence-corrected chi connectivity index (χ2v) is 6.13. The molecule has 0 aliphatic carbocycles. The fraction of sp³-hybridized carbons (Fsp3) is 0.211. The standard InChI is InChI=1S/C19H16F2N2O4/c20-13-7-5-11(6-8-13)17(18(22)25)27-19(26)12-9-16(24)23(10-12)15-4-2-1-3-14(15)21/h1-8,12,17H,9-10H2,(H2,22,25)/t12-,17+/m1/s1. The lowest BCUT2D eigenvalue weighted by molar-refractivity contribution is -0.159. The maximum Gasteiger partial charge on any atom is 0.312 e. The van der Waals surface area contributed by atoms with Crippen molar-refractivity contribution < 1.29 is 27.9 Å². The third kappa shape index (κ3) is 3.94. The summed E-state index contributed by atoms with van der Waals surface area (Å²) in [6.45, 7) is -0.0759. The number of nitrogens with two attached hydrogens (primary N) is 1. The predicted molar refractivity (Wildman–Crippen MR) is 91.3 cm³/mol. The molecule has 0 bridgehead atoms. The molecule has 2 aromatic carbocycles. The first-order valence-corrected chi connectivity index (χ1v) is 8.17. The smallest absolute Gasteiger partial charge is 0.312 e. The maximum absolute atomic E-state index is 13.9. The van der Waals surface area contributed by atoms with Crippen molar-refractivity contribution in [1.29, 1.82) is 0 Å². The second kappa shape index (κ2) is 7.53. The number of hydrogen-bond acceptors (Lipinski definition) is 4. The molecular formula is C19H16F2N2O4. The average Bonchev–Trinajstić information content (AvgIpc) is 3.02. The van der Waals surface area contributed by atoms with Crippen LogP contribution in [0.15, 0.2) is 48.5 Å². The van der Waals surface area contributed by atoms with Crippen molar-refractivity contribution in [2.45, 2.75) is 12.5 Å². The van der Waals surface area contributed by atoms with Gasteiger partial charge in [0.1, 0.15) is 11.6 Å². The number of hydrogen-bond donors (Lipinski definition) is 1. The van der Waals surface area contributed by atoms with Crippen LogP contribution in [0.25, 0.3) is 0 Å². The minimum Gasteiger partial charge on any atom is -0.447 e. The largest absolute Gasteiger partial charge is 0.447 e. The highest BCUT2D eigenvalue weighted by Crippen LogP contribution is 2.29. The number of amides is 2. The molecular weight excluding hydrogens is 358 g/mol. The van der Waals surface area contributed by atoms with E-state index in [1.807, 2.05) is 0 Å². The summed E-state index contributed by atoms with van der Waals surface area (Å²) in [5.74, 6) is -4.14. The van der Waals surface area contributed by atoms with E-state index < -0.39 is 41.4 Å². The first kappa shape index (κ1) is 18.5. The Kier molecular flexibility index (Phi) is 5.16. The number of nitrogens with zero attached hydrogens (tertiary/aromatic N) is 1. The minimum absolute atomic E-state index is 0.0720. The van der Waals surface area contributed by atoms with Gasteiger partial charge in [0.25, 0.3) is 5.91 Å². The van der Waals surface area contributed by atoms with Gasteiger partial charge in [-0.3, -0.25) is 14.4 Å². The molecule has 2 aromatic rings. The predicted octanol–water partition coefficient (Wildman–Crippen LogP) is 2.09. The second-order valence-electron chi connectivity index (χ2n) is 6.13. The van der Waals surface area contributed by atoms with E-state index in [1.165, 1.54) is 35.2 Å². The van der Waals surface area contributed by atoms with E-state index in [2.05, 4.69) is 0 Å². The van der Waals surface area contributed by atoms with Gasteiger partial charge in [0.15, 0.2) is 0 Å². The monoisotopic (exact) mass is 374 g/mol. The number of anilines is 1. The SMILES string of the molecule is NC(=O)[C@@H](OC(=O)[C@@H]1CC(=O)N(c2ccccc2F)C1)c1ccc(F)cc1. The van der Waals surface area contributed by atoms with Gasteiger partial charge in [-0.2, -0.15) is 0 Å². The summed E-state index contributed by atoms with van der Waals surface area (Å²) in [5.41, 5.74) is 5.57. The molecule has 140 valence electrons. The van der Waals surface area contributed by atoms with Crippen molar-refractivity contribution in [3.8, 4) is 0 Å². The Bertz CT molecular complexity index is 886. The zero-order chi connectivity index (χ0) is 19.6. The highest BCUT2D eigenvalue weighted by atomic mass is 19.1. The topological polar surface area (TPSA) is 89.7 Å². The normalized spacial score (nSPS) is 17.6. The Hall–Kier alpha value is -3.29. The molecule has 2 atom stereocenters. The number of esters is 1.